The molecule has 0 unspecified atom stereocenters. The Morgan fingerprint density at radius 2 is 2.33 bits per heavy atom. The van der Waals surface area contributed by atoms with Crippen LogP contribution in [-0.4, -0.2) is 0 Å². The lowest BCUT2D eigenvalue weighted by molar-refractivity contribution is 1.22. The number of rotatable bonds is 3. The summed E-state index contributed by atoms with van der Waals surface area (Å²) in [5, 5.41) is 11.8. The molecule has 1 nitrogen and oxygen atoms in total. The molecule has 0 aromatic carbocycles. The molecule has 0 fully saturated rings. The average molecular weight is 139 g/mol. The van der Waals surface area contributed by atoms with Gasteiger partial charge in [0.15, 0.2) is 0 Å². The Hall–Kier alpha value is -0.680. The van der Waals surface area contributed by atoms with Crippen LogP contribution < -0.4 is 0 Å². The van der Waals surface area contributed by atoms with E-state index in [1.54, 1.807) is 5.41 Å². The van der Waals surface area contributed by atoms with Crippen molar-refractivity contribution in [2.45, 2.75) is 13.3 Å². The highest BCUT2D eigenvalue weighted by Gasteiger charge is 1.66. The maximum atomic E-state index is 8.06. The van der Waals surface area contributed by atoms with E-state index in [0.717, 1.165) is 18.2 Å². The van der Waals surface area contributed by atoms with E-state index in [0.29, 0.717) is 0 Å². The molecule has 0 aliphatic rings. The van der Waals surface area contributed by atoms with Crippen LogP contribution in [0.1, 0.15) is 13.3 Å². The fourth-order valence-electron chi connectivity index (χ4n) is 0.330. The largest absolute Gasteiger partial charge is 0.185 e. The summed E-state index contributed by atoms with van der Waals surface area (Å²) in [5.41, 5.74) is 0. The van der Waals surface area contributed by atoms with Crippen molar-refractivity contribution in [2.75, 3.05) is 0 Å². The highest BCUT2D eigenvalue weighted by Crippen LogP contribution is 1.96. The first kappa shape index (κ1) is 8.32. The monoisotopic (exact) mass is 139 g/mol. The molecule has 2 heteroatoms. The summed E-state index contributed by atoms with van der Waals surface area (Å²) in [6.45, 7) is 2.07. The molecule has 0 rings (SSSR count). The van der Waals surface area contributed by atoms with E-state index in [1.807, 2.05) is 23.6 Å². The van der Waals surface area contributed by atoms with Gasteiger partial charge in [0, 0.05) is 0 Å². The molecule has 0 amide bonds. The summed E-state index contributed by atoms with van der Waals surface area (Å²) in [7, 11) is 0. The van der Waals surface area contributed by atoms with Gasteiger partial charge in [0.05, 0.1) is 0 Å². The molecule has 0 aromatic rings. The second-order valence-corrected chi connectivity index (χ2v) is 2.06. The normalized spacial score (nSPS) is 10.7. The van der Waals surface area contributed by atoms with E-state index in [-0.39, 0.29) is 0 Å². The van der Waals surface area contributed by atoms with Crippen molar-refractivity contribution in [3.63, 3.8) is 0 Å². The Balaban J connectivity index is 3.26. The van der Waals surface area contributed by atoms with Crippen LogP contribution in [0.15, 0.2) is 23.6 Å². The molecular weight excluding hydrogens is 130 g/mol. The average Bonchev–Trinajstić information content (AvgIpc) is 1.89. The molecule has 0 atom stereocenters. The number of hydrogen-bond acceptors (Lipinski definition) is 2. The SMILES string of the molecule is CCC=CC=CSC#N. The zero-order valence-corrected chi connectivity index (χ0v) is 6.19. The standard InChI is InChI=1S/C7H9NS/c1-2-3-4-5-6-9-7-8/h3-6H,2H2,1H3. The van der Waals surface area contributed by atoms with Crippen LogP contribution in [0.3, 0.4) is 0 Å². The molecule has 0 saturated carbocycles. The summed E-state index contributed by atoms with van der Waals surface area (Å²) in [6, 6.07) is 0. The summed E-state index contributed by atoms with van der Waals surface area (Å²) in [4.78, 5) is 0. The number of thiocyanates is 1. The zero-order chi connectivity index (χ0) is 6.95. The maximum absolute atomic E-state index is 8.06. The third kappa shape index (κ3) is 7.32. The van der Waals surface area contributed by atoms with Gasteiger partial charge in [-0.1, -0.05) is 25.2 Å². The van der Waals surface area contributed by atoms with Crippen LogP contribution in [-0.2, 0) is 0 Å². The minimum atomic E-state index is 1.04. The molecule has 48 valence electrons. The molecule has 0 heterocycles. The molecular formula is C7H9NS. The van der Waals surface area contributed by atoms with Gasteiger partial charge in [-0.3, -0.25) is 0 Å². The van der Waals surface area contributed by atoms with Gasteiger partial charge >= 0.3 is 0 Å². The number of nitriles is 1. The van der Waals surface area contributed by atoms with Crippen LogP contribution >= 0.6 is 11.8 Å². The smallest absolute Gasteiger partial charge is 0.137 e. The van der Waals surface area contributed by atoms with Crippen molar-refractivity contribution < 1.29 is 0 Å². The molecule has 0 spiro atoms. The van der Waals surface area contributed by atoms with Crippen molar-refractivity contribution in [3.05, 3.63) is 23.6 Å². The van der Waals surface area contributed by atoms with Gasteiger partial charge in [-0.15, -0.1) is 0 Å². The Morgan fingerprint density at radius 1 is 1.56 bits per heavy atom. The first-order valence-corrected chi connectivity index (χ1v) is 3.66. The topological polar surface area (TPSA) is 23.8 Å². The molecule has 0 saturated heterocycles. The minimum Gasteiger partial charge on any atom is -0.185 e. The molecule has 0 aromatic heterocycles. The van der Waals surface area contributed by atoms with Crippen LogP contribution in [0.2, 0.25) is 0 Å². The Kier molecular flexibility index (Phi) is 6.77. The van der Waals surface area contributed by atoms with Crippen LogP contribution in [0.4, 0.5) is 0 Å². The summed E-state index contributed by atoms with van der Waals surface area (Å²) >= 11 is 1.13. The second kappa shape index (κ2) is 7.32. The molecule has 0 N–H and O–H groups in total. The van der Waals surface area contributed by atoms with Crippen molar-refractivity contribution in [1.29, 1.82) is 5.26 Å². The van der Waals surface area contributed by atoms with Gasteiger partial charge in [-0.2, -0.15) is 5.26 Å². The number of thioether (sulfide) groups is 1. The van der Waals surface area contributed by atoms with Gasteiger partial charge in [0.25, 0.3) is 0 Å². The van der Waals surface area contributed by atoms with Gasteiger partial charge in [-0.25, -0.2) is 0 Å². The lowest BCUT2D eigenvalue weighted by Crippen LogP contribution is -1.49. The summed E-state index contributed by atoms with van der Waals surface area (Å²) in [5.74, 6) is 0. The lowest BCUT2D eigenvalue weighted by Gasteiger charge is -1.72. The fraction of sp³-hybridized carbons (Fsp3) is 0.286. The summed E-state index contributed by atoms with van der Waals surface area (Å²) < 4.78 is 0. The highest BCUT2D eigenvalue weighted by molar-refractivity contribution is 8.06. The minimum absolute atomic E-state index is 1.04. The Bertz CT molecular complexity index is 141. The van der Waals surface area contributed by atoms with E-state index in [4.69, 9.17) is 5.26 Å². The van der Waals surface area contributed by atoms with Gasteiger partial charge in [0.2, 0.25) is 0 Å². The zero-order valence-electron chi connectivity index (χ0n) is 5.37. The Morgan fingerprint density at radius 3 is 2.89 bits per heavy atom. The quantitative estimate of drug-likeness (QED) is 0.443. The fourth-order valence-corrected chi connectivity index (χ4v) is 0.560. The first-order valence-electron chi connectivity index (χ1n) is 2.78. The van der Waals surface area contributed by atoms with E-state index in [9.17, 15) is 0 Å². The predicted molar refractivity (Wildman–Crippen MR) is 41.8 cm³/mol. The van der Waals surface area contributed by atoms with E-state index < -0.39 is 0 Å². The highest BCUT2D eigenvalue weighted by atomic mass is 32.2. The third-order valence-corrected chi connectivity index (χ3v) is 1.08. The molecule has 0 bridgehead atoms. The molecule has 0 radical (unpaired) electrons. The van der Waals surface area contributed by atoms with Crippen LogP contribution in [0, 0.1) is 10.7 Å². The van der Waals surface area contributed by atoms with Crippen LogP contribution in [0.5, 0.6) is 0 Å². The van der Waals surface area contributed by atoms with Gasteiger partial charge in [0.1, 0.15) is 5.40 Å². The molecule has 9 heavy (non-hydrogen) atoms. The van der Waals surface area contributed by atoms with Crippen molar-refractivity contribution in [3.8, 4) is 5.40 Å². The number of allylic oxidation sites excluding steroid dienone is 3. The van der Waals surface area contributed by atoms with E-state index in [2.05, 4.69) is 6.92 Å². The van der Waals surface area contributed by atoms with Crippen LogP contribution in [0.25, 0.3) is 0 Å². The van der Waals surface area contributed by atoms with Gasteiger partial charge in [-0.05, 0) is 23.6 Å². The number of nitrogens with zero attached hydrogens (tertiary/aromatic N) is 1. The summed E-state index contributed by atoms with van der Waals surface area (Å²) in [6.07, 6.45) is 6.87. The van der Waals surface area contributed by atoms with E-state index in [1.165, 1.54) is 0 Å². The predicted octanol–water partition coefficient (Wildman–Crippen LogP) is 2.68. The van der Waals surface area contributed by atoms with Gasteiger partial charge < -0.3 is 0 Å². The molecule has 0 aliphatic heterocycles. The van der Waals surface area contributed by atoms with Crippen molar-refractivity contribution >= 4 is 11.8 Å². The Labute approximate surface area is 60.1 Å². The first-order chi connectivity index (χ1) is 4.41. The second-order valence-electron chi connectivity index (χ2n) is 1.37. The number of hydrogen-bond donors (Lipinski definition) is 0. The molecule has 0 aliphatic carbocycles. The lowest BCUT2D eigenvalue weighted by atomic mass is 10.4. The maximum Gasteiger partial charge on any atom is 0.137 e. The van der Waals surface area contributed by atoms with E-state index >= 15 is 0 Å². The third-order valence-electron chi connectivity index (χ3n) is 0.682. The van der Waals surface area contributed by atoms with Crippen molar-refractivity contribution in [1.82, 2.24) is 0 Å². The van der Waals surface area contributed by atoms with Crippen molar-refractivity contribution in [2.24, 2.45) is 0 Å².